The summed E-state index contributed by atoms with van der Waals surface area (Å²) in [5.41, 5.74) is -0.260. The van der Waals surface area contributed by atoms with Crippen molar-refractivity contribution >= 4 is 12.0 Å². The lowest BCUT2D eigenvalue weighted by molar-refractivity contribution is -0.146. The van der Waals surface area contributed by atoms with Gasteiger partial charge in [-0.05, 0) is 25.7 Å². The van der Waals surface area contributed by atoms with Crippen molar-refractivity contribution in [2.45, 2.75) is 59.1 Å². The van der Waals surface area contributed by atoms with E-state index in [0.717, 1.165) is 6.42 Å². The zero-order valence-electron chi connectivity index (χ0n) is 12.4. The van der Waals surface area contributed by atoms with Crippen LogP contribution in [0.25, 0.3) is 0 Å². The van der Waals surface area contributed by atoms with E-state index < -0.39 is 12.1 Å². The van der Waals surface area contributed by atoms with Crippen LogP contribution in [-0.4, -0.2) is 40.4 Å². The van der Waals surface area contributed by atoms with Crippen LogP contribution in [0.15, 0.2) is 0 Å². The van der Waals surface area contributed by atoms with Crippen molar-refractivity contribution in [2.24, 2.45) is 5.41 Å². The highest BCUT2D eigenvalue weighted by Crippen LogP contribution is 2.26. The van der Waals surface area contributed by atoms with Crippen molar-refractivity contribution in [3.63, 3.8) is 0 Å². The molecule has 6 nitrogen and oxygen atoms in total. The van der Waals surface area contributed by atoms with Gasteiger partial charge >= 0.3 is 12.0 Å². The number of urea groups is 1. The molecule has 1 unspecified atom stereocenters. The highest BCUT2D eigenvalue weighted by Gasteiger charge is 2.26. The molecule has 0 aliphatic carbocycles. The van der Waals surface area contributed by atoms with E-state index in [4.69, 9.17) is 10.2 Å². The summed E-state index contributed by atoms with van der Waals surface area (Å²) in [6.45, 7) is 10.3. The lowest BCUT2D eigenvalue weighted by Gasteiger charge is -2.33. The van der Waals surface area contributed by atoms with Gasteiger partial charge in [-0.15, -0.1) is 0 Å². The van der Waals surface area contributed by atoms with Crippen molar-refractivity contribution in [2.75, 3.05) is 6.54 Å². The van der Waals surface area contributed by atoms with Crippen LogP contribution in [0.1, 0.15) is 47.5 Å². The van der Waals surface area contributed by atoms with Gasteiger partial charge in [0.2, 0.25) is 0 Å². The van der Waals surface area contributed by atoms with E-state index in [9.17, 15) is 9.59 Å². The molecule has 1 atom stereocenters. The summed E-state index contributed by atoms with van der Waals surface area (Å²) < 4.78 is 0. The monoisotopic (exact) mass is 274 g/mol. The number of rotatable bonds is 6. The SMILES string of the molecule is CC(C)(C)CC(C)(C)NC(=O)NCCC(O)C(=O)O. The summed E-state index contributed by atoms with van der Waals surface area (Å²) >= 11 is 0. The maximum Gasteiger partial charge on any atom is 0.332 e. The van der Waals surface area contributed by atoms with Crippen LogP contribution in [-0.2, 0) is 4.79 Å². The number of nitrogens with one attached hydrogen (secondary N) is 2. The molecule has 0 bridgehead atoms. The van der Waals surface area contributed by atoms with Crippen LogP contribution in [0.2, 0.25) is 0 Å². The molecule has 0 aromatic carbocycles. The van der Waals surface area contributed by atoms with Crippen LogP contribution in [0.4, 0.5) is 4.79 Å². The molecule has 0 spiro atoms. The third-order valence-electron chi connectivity index (χ3n) is 2.41. The first-order valence-electron chi connectivity index (χ1n) is 6.40. The van der Waals surface area contributed by atoms with Gasteiger partial charge in [0, 0.05) is 18.5 Å². The van der Waals surface area contributed by atoms with Gasteiger partial charge in [-0.1, -0.05) is 20.8 Å². The Morgan fingerprint density at radius 2 is 1.68 bits per heavy atom. The van der Waals surface area contributed by atoms with Gasteiger partial charge in [0.05, 0.1) is 0 Å². The number of hydrogen-bond acceptors (Lipinski definition) is 3. The fraction of sp³-hybridized carbons (Fsp3) is 0.846. The quantitative estimate of drug-likeness (QED) is 0.587. The van der Waals surface area contributed by atoms with Gasteiger partial charge in [-0.2, -0.15) is 0 Å². The summed E-state index contributed by atoms with van der Waals surface area (Å²) in [5, 5.41) is 22.9. The second-order valence-corrected chi connectivity index (χ2v) is 6.64. The number of aliphatic hydroxyl groups excluding tert-OH is 1. The molecule has 6 heteroatoms. The maximum atomic E-state index is 11.6. The van der Waals surface area contributed by atoms with E-state index in [1.54, 1.807) is 0 Å². The molecular formula is C13H26N2O4. The van der Waals surface area contributed by atoms with Crippen LogP contribution in [0, 0.1) is 5.41 Å². The molecule has 112 valence electrons. The minimum absolute atomic E-state index is 0.0115. The zero-order chi connectivity index (χ0) is 15.3. The smallest absolute Gasteiger partial charge is 0.332 e. The Morgan fingerprint density at radius 3 is 2.11 bits per heavy atom. The molecule has 0 aromatic rings. The van der Waals surface area contributed by atoms with Gasteiger partial charge in [-0.25, -0.2) is 9.59 Å². The number of carboxylic acids is 1. The molecule has 0 aromatic heterocycles. The molecule has 0 aliphatic heterocycles. The van der Waals surface area contributed by atoms with Gasteiger partial charge in [0.15, 0.2) is 6.10 Å². The third kappa shape index (κ3) is 9.30. The first kappa shape index (κ1) is 17.7. The number of aliphatic carboxylic acids is 1. The Kier molecular flexibility index (Phi) is 6.29. The molecule has 4 N–H and O–H groups in total. The topological polar surface area (TPSA) is 98.7 Å². The second-order valence-electron chi connectivity index (χ2n) is 6.64. The van der Waals surface area contributed by atoms with E-state index in [1.807, 2.05) is 13.8 Å². The summed E-state index contributed by atoms with van der Waals surface area (Å²) in [4.78, 5) is 22.0. The van der Waals surface area contributed by atoms with Crippen molar-refractivity contribution in [1.29, 1.82) is 0 Å². The lowest BCUT2D eigenvalue weighted by Crippen LogP contribution is -2.50. The number of hydrogen-bond donors (Lipinski definition) is 4. The number of carboxylic acid groups (broad SMARTS) is 1. The average molecular weight is 274 g/mol. The predicted octanol–water partition coefficient (Wildman–Crippen LogP) is 1.34. The summed E-state index contributed by atoms with van der Waals surface area (Å²) in [7, 11) is 0. The predicted molar refractivity (Wildman–Crippen MR) is 72.9 cm³/mol. The fourth-order valence-corrected chi connectivity index (χ4v) is 2.17. The van der Waals surface area contributed by atoms with E-state index >= 15 is 0 Å². The van der Waals surface area contributed by atoms with Crippen LogP contribution >= 0.6 is 0 Å². The van der Waals surface area contributed by atoms with Gasteiger partial charge in [0.25, 0.3) is 0 Å². The van der Waals surface area contributed by atoms with Crippen molar-refractivity contribution in [1.82, 2.24) is 10.6 Å². The maximum absolute atomic E-state index is 11.6. The molecule has 0 rings (SSSR count). The summed E-state index contributed by atoms with van der Waals surface area (Å²) in [5.74, 6) is -1.28. The molecule has 0 heterocycles. The third-order valence-corrected chi connectivity index (χ3v) is 2.41. The van der Waals surface area contributed by atoms with E-state index in [2.05, 4.69) is 31.4 Å². The Hall–Kier alpha value is -1.30. The molecule has 19 heavy (non-hydrogen) atoms. The van der Waals surface area contributed by atoms with Gasteiger partial charge in [0.1, 0.15) is 0 Å². The molecule has 0 aliphatic rings. The van der Waals surface area contributed by atoms with E-state index in [0.29, 0.717) is 0 Å². The van der Waals surface area contributed by atoms with Gasteiger partial charge < -0.3 is 20.8 Å². The minimum atomic E-state index is -1.44. The van der Waals surface area contributed by atoms with Crippen molar-refractivity contribution < 1.29 is 19.8 Å². The molecule has 2 amide bonds. The van der Waals surface area contributed by atoms with Crippen molar-refractivity contribution in [3.05, 3.63) is 0 Å². The highest BCUT2D eigenvalue weighted by atomic mass is 16.4. The molecule has 0 radical (unpaired) electrons. The Labute approximate surface area is 114 Å². The summed E-state index contributed by atoms with van der Waals surface area (Å²) in [6, 6.07) is -0.355. The summed E-state index contributed by atoms with van der Waals surface area (Å²) in [6.07, 6.45) is -0.643. The first-order valence-corrected chi connectivity index (χ1v) is 6.40. The van der Waals surface area contributed by atoms with Crippen LogP contribution < -0.4 is 10.6 Å². The van der Waals surface area contributed by atoms with Gasteiger partial charge in [-0.3, -0.25) is 0 Å². The van der Waals surface area contributed by atoms with Crippen LogP contribution in [0.3, 0.4) is 0 Å². The fourth-order valence-electron chi connectivity index (χ4n) is 2.17. The Bertz CT molecular complexity index is 321. The number of carbonyl (C=O) groups excluding carboxylic acids is 1. The van der Waals surface area contributed by atoms with Crippen LogP contribution in [0.5, 0.6) is 0 Å². The average Bonchev–Trinajstić information content (AvgIpc) is 2.11. The Balaban J connectivity index is 4.07. The Morgan fingerprint density at radius 1 is 1.16 bits per heavy atom. The molecule has 0 fully saturated rings. The largest absolute Gasteiger partial charge is 0.479 e. The van der Waals surface area contributed by atoms with Crippen molar-refractivity contribution in [3.8, 4) is 0 Å². The minimum Gasteiger partial charge on any atom is -0.479 e. The van der Waals surface area contributed by atoms with E-state index in [1.165, 1.54) is 0 Å². The normalized spacial score (nSPS) is 13.8. The molecular weight excluding hydrogens is 248 g/mol. The number of aliphatic hydroxyl groups is 1. The second kappa shape index (κ2) is 6.75. The molecule has 0 saturated heterocycles. The number of carbonyl (C=O) groups is 2. The zero-order valence-corrected chi connectivity index (χ0v) is 12.4. The molecule has 0 saturated carbocycles. The number of amides is 2. The highest BCUT2D eigenvalue weighted by molar-refractivity contribution is 5.75. The first-order chi connectivity index (χ1) is 8.43. The lowest BCUT2D eigenvalue weighted by atomic mass is 9.82. The standard InChI is InChI=1S/C13H26N2O4/c1-12(2,3)8-13(4,5)15-11(19)14-7-6-9(16)10(17)18/h9,16H,6-8H2,1-5H3,(H,17,18)(H2,14,15,19). The van der Waals surface area contributed by atoms with E-state index in [-0.39, 0.29) is 30.0 Å².